The van der Waals surface area contributed by atoms with Crippen LogP contribution in [-0.4, -0.2) is 4.57 Å². The van der Waals surface area contributed by atoms with E-state index in [1.165, 1.54) is 11.3 Å². The average Bonchev–Trinajstić information content (AvgIpc) is 2.48. The molecule has 0 saturated carbocycles. The van der Waals surface area contributed by atoms with Gasteiger partial charge in [-0.1, -0.05) is 25.1 Å². The summed E-state index contributed by atoms with van der Waals surface area (Å²) < 4.78 is 1.90. The number of hydrogen-bond acceptors (Lipinski definition) is 2. The number of pyridine rings is 1. The molecule has 1 heterocycles. The molecule has 3 heteroatoms. The van der Waals surface area contributed by atoms with E-state index in [4.69, 9.17) is 5.73 Å². The summed E-state index contributed by atoms with van der Waals surface area (Å²) in [5, 5.41) is 0. The van der Waals surface area contributed by atoms with Crippen molar-refractivity contribution in [3.05, 3.63) is 63.1 Å². The van der Waals surface area contributed by atoms with Gasteiger partial charge in [0.1, 0.15) is 0 Å². The Hall–Kier alpha value is -1.87. The average molecular weight is 282 g/mol. The Morgan fingerprint density at radius 2 is 2.10 bits per heavy atom. The van der Waals surface area contributed by atoms with Gasteiger partial charge in [-0.2, -0.15) is 0 Å². The monoisotopic (exact) mass is 282 g/mol. The van der Waals surface area contributed by atoms with Crippen molar-refractivity contribution >= 4 is 0 Å². The van der Waals surface area contributed by atoms with Gasteiger partial charge >= 0.3 is 0 Å². The van der Waals surface area contributed by atoms with Gasteiger partial charge in [-0.15, -0.1) is 0 Å². The van der Waals surface area contributed by atoms with Gasteiger partial charge in [0.15, 0.2) is 0 Å². The van der Waals surface area contributed by atoms with Crippen LogP contribution < -0.4 is 11.3 Å². The summed E-state index contributed by atoms with van der Waals surface area (Å²) in [7, 11) is 0. The first-order valence-electron chi connectivity index (χ1n) is 7.64. The Morgan fingerprint density at radius 3 is 2.81 bits per heavy atom. The van der Waals surface area contributed by atoms with E-state index >= 15 is 0 Å². The topological polar surface area (TPSA) is 48.0 Å². The molecule has 3 nitrogen and oxygen atoms in total. The number of rotatable bonds is 2. The van der Waals surface area contributed by atoms with E-state index in [-0.39, 0.29) is 5.56 Å². The predicted molar refractivity (Wildman–Crippen MR) is 85.9 cm³/mol. The van der Waals surface area contributed by atoms with Crippen molar-refractivity contribution < 1.29 is 0 Å². The van der Waals surface area contributed by atoms with Gasteiger partial charge in [0, 0.05) is 17.8 Å². The number of fused-ring (bicyclic) bond motifs is 1. The van der Waals surface area contributed by atoms with E-state index < -0.39 is 0 Å². The lowest BCUT2D eigenvalue weighted by atomic mass is 9.86. The lowest BCUT2D eigenvalue weighted by Crippen LogP contribution is -2.31. The van der Waals surface area contributed by atoms with Crippen LogP contribution in [0.25, 0.3) is 5.69 Å². The highest BCUT2D eigenvalue weighted by molar-refractivity contribution is 5.45. The second kappa shape index (κ2) is 5.49. The van der Waals surface area contributed by atoms with Crippen LogP contribution in [0.1, 0.15) is 35.7 Å². The maximum atomic E-state index is 12.8. The van der Waals surface area contributed by atoms with Gasteiger partial charge < -0.3 is 5.73 Å². The Kier molecular flexibility index (Phi) is 3.68. The van der Waals surface area contributed by atoms with Gasteiger partial charge in [-0.05, 0) is 55.4 Å². The molecular weight excluding hydrogens is 260 g/mol. The third-order valence-corrected chi connectivity index (χ3v) is 4.49. The highest BCUT2D eigenvalue weighted by Gasteiger charge is 2.22. The minimum atomic E-state index is 0.0418. The number of aromatic nitrogens is 1. The van der Waals surface area contributed by atoms with Crippen molar-refractivity contribution in [2.75, 3.05) is 0 Å². The van der Waals surface area contributed by atoms with Crippen LogP contribution in [0.2, 0.25) is 0 Å². The smallest absolute Gasteiger partial charge is 0.259 e. The number of aryl methyl sites for hydroxylation is 1. The molecule has 1 unspecified atom stereocenters. The van der Waals surface area contributed by atoms with Gasteiger partial charge in [-0.3, -0.25) is 9.36 Å². The molecule has 0 aliphatic heterocycles. The second-order valence-corrected chi connectivity index (χ2v) is 6.12. The Bertz CT molecular complexity index is 730. The normalized spacial score (nSPS) is 17.6. The first-order valence-corrected chi connectivity index (χ1v) is 7.64. The standard InChI is InChI=1S/C18H22N2O/c1-12-7-8-17-14(9-12)10-15(11-19)18(21)20(17)16-6-4-3-5-13(16)2/h3-6,10,12H,7-9,11,19H2,1-2H3. The summed E-state index contributed by atoms with van der Waals surface area (Å²) in [6, 6.07) is 10.1. The molecular formula is C18H22N2O. The van der Waals surface area contributed by atoms with Crippen LogP contribution in [0, 0.1) is 12.8 Å². The molecule has 2 aromatic rings. The number of hydrogen-bond donors (Lipinski definition) is 1. The zero-order valence-corrected chi connectivity index (χ0v) is 12.7. The third kappa shape index (κ3) is 2.42. The van der Waals surface area contributed by atoms with E-state index in [1.54, 1.807) is 0 Å². The van der Waals surface area contributed by atoms with Crippen molar-refractivity contribution in [3.8, 4) is 5.69 Å². The maximum Gasteiger partial charge on any atom is 0.259 e. The molecule has 1 aromatic carbocycles. The van der Waals surface area contributed by atoms with Crippen LogP contribution in [0.3, 0.4) is 0 Å². The maximum absolute atomic E-state index is 12.8. The van der Waals surface area contributed by atoms with Crippen LogP contribution in [0.15, 0.2) is 35.1 Å². The zero-order chi connectivity index (χ0) is 15.0. The molecule has 1 aliphatic carbocycles. The molecule has 1 atom stereocenters. The zero-order valence-electron chi connectivity index (χ0n) is 12.7. The molecule has 0 radical (unpaired) electrons. The van der Waals surface area contributed by atoms with E-state index in [1.807, 2.05) is 28.8 Å². The van der Waals surface area contributed by atoms with E-state index in [9.17, 15) is 4.79 Å². The minimum Gasteiger partial charge on any atom is -0.326 e. The summed E-state index contributed by atoms with van der Waals surface area (Å²) in [4.78, 5) is 12.8. The highest BCUT2D eigenvalue weighted by Crippen LogP contribution is 2.27. The van der Waals surface area contributed by atoms with Crippen LogP contribution in [0.4, 0.5) is 0 Å². The van der Waals surface area contributed by atoms with Crippen LogP contribution in [-0.2, 0) is 19.4 Å². The predicted octanol–water partition coefficient (Wildman–Crippen LogP) is 2.73. The molecule has 0 amide bonds. The van der Waals surface area contributed by atoms with Crippen molar-refractivity contribution in [2.45, 2.75) is 39.7 Å². The Labute approximate surface area is 125 Å². The molecule has 21 heavy (non-hydrogen) atoms. The molecule has 0 fully saturated rings. The fraction of sp³-hybridized carbons (Fsp3) is 0.389. The Balaban J connectivity index is 2.31. The quantitative estimate of drug-likeness (QED) is 0.920. The second-order valence-electron chi connectivity index (χ2n) is 6.12. The van der Waals surface area contributed by atoms with Crippen molar-refractivity contribution in [3.63, 3.8) is 0 Å². The van der Waals surface area contributed by atoms with E-state index in [2.05, 4.69) is 19.9 Å². The molecule has 3 rings (SSSR count). The van der Waals surface area contributed by atoms with Crippen molar-refractivity contribution in [2.24, 2.45) is 11.7 Å². The van der Waals surface area contributed by atoms with E-state index in [0.717, 1.165) is 30.5 Å². The number of nitrogens with zero attached hydrogens (tertiary/aromatic N) is 1. The van der Waals surface area contributed by atoms with Crippen molar-refractivity contribution in [1.82, 2.24) is 4.57 Å². The fourth-order valence-electron chi connectivity index (χ4n) is 3.29. The lowest BCUT2D eigenvalue weighted by molar-refractivity contribution is 0.485. The van der Waals surface area contributed by atoms with Crippen LogP contribution >= 0.6 is 0 Å². The SMILES string of the molecule is Cc1ccccc1-n1c2c(cc(CN)c1=O)CC(C)CC2. The molecule has 1 aromatic heterocycles. The number of nitrogens with two attached hydrogens (primary N) is 1. The number of benzene rings is 1. The van der Waals surface area contributed by atoms with Gasteiger partial charge in [0.2, 0.25) is 0 Å². The summed E-state index contributed by atoms with van der Waals surface area (Å²) >= 11 is 0. The van der Waals surface area contributed by atoms with Crippen LogP contribution in [0.5, 0.6) is 0 Å². The molecule has 110 valence electrons. The minimum absolute atomic E-state index is 0.0418. The molecule has 0 saturated heterocycles. The molecule has 0 bridgehead atoms. The molecule has 1 aliphatic rings. The highest BCUT2D eigenvalue weighted by atomic mass is 16.1. The largest absolute Gasteiger partial charge is 0.326 e. The van der Waals surface area contributed by atoms with Crippen molar-refractivity contribution in [1.29, 1.82) is 0 Å². The first-order chi connectivity index (χ1) is 10.1. The molecule has 2 N–H and O–H groups in total. The van der Waals surface area contributed by atoms with Gasteiger partial charge in [-0.25, -0.2) is 0 Å². The van der Waals surface area contributed by atoms with E-state index in [0.29, 0.717) is 18.0 Å². The van der Waals surface area contributed by atoms with Gasteiger partial charge in [0.05, 0.1) is 5.69 Å². The summed E-state index contributed by atoms with van der Waals surface area (Å²) in [6.07, 6.45) is 3.14. The Morgan fingerprint density at radius 1 is 1.33 bits per heavy atom. The summed E-state index contributed by atoms with van der Waals surface area (Å²) in [6.45, 7) is 4.62. The first kappa shape index (κ1) is 14.1. The third-order valence-electron chi connectivity index (χ3n) is 4.49. The lowest BCUT2D eigenvalue weighted by Gasteiger charge is -2.26. The number of para-hydroxylation sites is 1. The summed E-state index contributed by atoms with van der Waals surface area (Å²) in [5.41, 5.74) is 11.1. The summed E-state index contributed by atoms with van der Waals surface area (Å²) in [5.74, 6) is 0.672. The molecule has 0 spiro atoms. The van der Waals surface area contributed by atoms with Gasteiger partial charge in [0.25, 0.3) is 5.56 Å². The fourth-order valence-corrected chi connectivity index (χ4v) is 3.29.